The van der Waals surface area contributed by atoms with Crippen LogP contribution in [0.4, 0.5) is 5.69 Å². The topological polar surface area (TPSA) is 136 Å². The third kappa shape index (κ3) is 8.50. The van der Waals surface area contributed by atoms with Crippen LogP contribution in [0.25, 0.3) is 11.1 Å². The molecule has 5 aliphatic rings. The molecule has 58 heavy (non-hydrogen) atoms. The molecular weight excluding hydrogens is 735 g/mol. The van der Waals surface area contributed by atoms with Gasteiger partial charge in [-0.3, -0.25) is 14.4 Å². The Hall–Kier alpha value is -4.04. The third-order valence-corrected chi connectivity index (χ3v) is 13.6. The molecule has 0 aromatic heterocycles. The number of aliphatic hydroxyl groups is 2. The van der Waals surface area contributed by atoms with E-state index >= 15 is 0 Å². The molecule has 2 amide bonds. The van der Waals surface area contributed by atoms with Crippen LogP contribution in [0.1, 0.15) is 68.1 Å². The molecule has 0 radical (unpaired) electrons. The van der Waals surface area contributed by atoms with E-state index in [-0.39, 0.29) is 42.5 Å². The fourth-order valence-corrected chi connectivity index (χ4v) is 10.3. The van der Waals surface area contributed by atoms with Crippen molar-refractivity contribution in [2.24, 2.45) is 29.1 Å². The van der Waals surface area contributed by atoms with Crippen LogP contribution in [0.5, 0.6) is 5.75 Å². The number of hydrogen-bond donors (Lipinski definition) is 4. The summed E-state index contributed by atoms with van der Waals surface area (Å²) in [4.78, 5) is 39.2. The number of rotatable bonds is 14. The van der Waals surface area contributed by atoms with Gasteiger partial charge in [0.25, 0.3) is 5.91 Å². The number of carbonyl (C=O) groups excluding carboxylic acids is 2. The van der Waals surface area contributed by atoms with Crippen molar-refractivity contribution in [1.29, 1.82) is 0 Å². The van der Waals surface area contributed by atoms with Crippen LogP contribution in [0.2, 0.25) is 0 Å². The molecule has 2 aliphatic heterocycles. The van der Waals surface area contributed by atoms with E-state index in [4.69, 9.17) is 14.3 Å². The van der Waals surface area contributed by atoms with Crippen molar-refractivity contribution in [3.05, 3.63) is 83.4 Å². The number of likely N-dealkylation sites (N-methyl/N-ethyl adjacent to an activating group) is 1. The fraction of sp³-hybridized carbons (Fsp3) is 0.565. The molecule has 8 rings (SSSR count). The van der Waals surface area contributed by atoms with Crippen molar-refractivity contribution in [3.8, 4) is 16.9 Å². The number of hydrogen-bond acceptors (Lipinski definition) is 10. The first-order chi connectivity index (χ1) is 27.8. The van der Waals surface area contributed by atoms with E-state index in [0.29, 0.717) is 61.9 Å². The Labute approximate surface area is 343 Å². The van der Waals surface area contributed by atoms with Crippen LogP contribution < -0.4 is 20.3 Å². The summed E-state index contributed by atoms with van der Waals surface area (Å²) in [5.74, 6) is 0.980. The van der Waals surface area contributed by atoms with Gasteiger partial charge in [-0.15, -0.1) is 0 Å². The zero-order valence-corrected chi connectivity index (χ0v) is 35.2. The second-order valence-electron chi connectivity index (χ2n) is 17.8. The summed E-state index contributed by atoms with van der Waals surface area (Å²) in [6, 6.07) is 20.8. The van der Waals surface area contributed by atoms with Crippen molar-refractivity contribution in [3.63, 3.8) is 0 Å². The molecule has 0 spiro atoms. The molecular formula is C46H63N5O7. The van der Waals surface area contributed by atoms with Crippen molar-refractivity contribution in [2.75, 3.05) is 65.6 Å². The first-order valence-electron chi connectivity index (χ1n) is 21.0. The summed E-state index contributed by atoms with van der Waals surface area (Å²) in [5, 5.41) is 29.7. The lowest BCUT2D eigenvalue weighted by Crippen LogP contribution is -2.62. The molecule has 2 bridgehead atoms. The van der Waals surface area contributed by atoms with Gasteiger partial charge in [0.15, 0.2) is 0 Å². The van der Waals surface area contributed by atoms with Gasteiger partial charge in [0, 0.05) is 54.0 Å². The highest BCUT2D eigenvalue weighted by atomic mass is 16.7. The van der Waals surface area contributed by atoms with E-state index in [9.17, 15) is 19.8 Å². The van der Waals surface area contributed by atoms with Crippen molar-refractivity contribution in [1.82, 2.24) is 20.6 Å². The van der Waals surface area contributed by atoms with Crippen LogP contribution in [-0.4, -0.2) is 117 Å². The maximum absolute atomic E-state index is 14.4. The highest BCUT2D eigenvalue weighted by Gasteiger charge is 2.57. The number of benzene rings is 3. The number of nitrogens with zero attached hydrogens (tertiary/aromatic N) is 3. The largest absolute Gasteiger partial charge is 0.496 e. The predicted octanol–water partition coefficient (Wildman–Crippen LogP) is 4.89. The molecule has 3 aliphatic carbocycles. The number of para-hydroxylation sites is 1. The van der Waals surface area contributed by atoms with Crippen molar-refractivity contribution < 1.29 is 34.1 Å². The first kappa shape index (κ1) is 42.1. The quantitative estimate of drug-likeness (QED) is 0.179. The van der Waals surface area contributed by atoms with Gasteiger partial charge in [-0.1, -0.05) is 69.3 Å². The van der Waals surface area contributed by atoms with Crippen LogP contribution in [-0.2, 0) is 20.9 Å². The van der Waals surface area contributed by atoms with Gasteiger partial charge in [0.05, 0.1) is 45.6 Å². The van der Waals surface area contributed by atoms with Crippen LogP contribution >= 0.6 is 0 Å². The molecule has 12 heteroatoms. The highest BCUT2D eigenvalue weighted by Crippen LogP contribution is 2.61. The number of carbonyl (C=O) groups is 2. The number of morpholine rings is 1. The summed E-state index contributed by atoms with van der Waals surface area (Å²) >= 11 is 0. The van der Waals surface area contributed by atoms with Gasteiger partial charge >= 0.3 is 0 Å². The van der Waals surface area contributed by atoms with Crippen LogP contribution in [0.3, 0.4) is 0 Å². The lowest BCUT2D eigenvalue weighted by atomic mass is 9.45. The number of fused-ring (bicyclic) bond motifs is 2. The molecule has 2 heterocycles. The second kappa shape index (κ2) is 17.7. The number of ether oxygens (including phenoxy) is 2. The zero-order valence-electron chi connectivity index (χ0n) is 35.2. The Kier molecular flexibility index (Phi) is 12.8. The smallest absolute Gasteiger partial charge is 0.251 e. The number of amides is 2. The monoisotopic (exact) mass is 797 g/mol. The number of aliphatic hydroxyl groups excluding tert-OH is 2. The lowest BCUT2D eigenvalue weighted by molar-refractivity contribution is -0.183. The Morgan fingerprint density at radius 2 is 1.78 bits per heavy atom. The van der Waals surface area contributed by atoms with E-state index in [1.165, 1.54) is 6.42 Å². The Morgan fingerprint density at radius 3 is 2.41 bits per heavy atom. The molecule has 3 saturated carbocycles. The van der Waals surface area contributed by atoms with Crippen molar-refractivity contribution >= 4 is 17.5 Å². The average molecular weight is 798 g/mol. The van der Waals surface area contributed by atoms with Gasteiger partial charge < -0.3 is 40.1 Å². The minimum atomic E-state index is -0.908. The number of hydroxylamine groups is 2. The Balaban J connectivity index is 1.20. The molecule has 5 fully saturated rings. The number of anilines is 1. The molecule has 3 aromatic rings. The van der Waals surface area contributed by atoms with Gasteiger partial charge in [0.1, 0.15) is 17.9 Å². The molecule has 12 nitrogen and oxygen atoms in total. The maximum atomic E-state index is 14.4. The molecule has 1 unspecified atom stereocenters. The van der Waals surface area contributed by atoms with Gasteiger partial charge in [-0.05, 0) is 86.4 Å². The summed E-state index contributed by atoms with van der Waals surface area (Å²) in [6.45, 7) is 11.6. The van der Waals surface area contributed by atoms with Gasteiger partial charge in [-0.2, -0.15) is 5.06 Å². The van der Waals surface area contributed by atoms with Crippen molar-refractivity contribution in [2.45, 2.75) is 77.4 Å². The van der Waals surface area contributed by atoms with E-state index < -0.39 is 24.2 Å². The standard InChI is InChI=1S/C46H63N5O7/c1-28-37-23-34(46(37,3)4)24-38(28)47-45(55)42-41(29(2)53)40(27-52)58-51(42)25-31-14-11-15-36(43(31)56-7)32-20-33(22-35(21-32)50-16-18-57-19-17-50)44(54)48-39(26-49(5)6)30-12-9-8-10-13-30/h8-15,20-22,28-29,34,37-42,52-53H,16-19,23-27H2,1-7H3,(H,47,55)(H,48,54)/t28-,29-,34+,37-,38-,39?,40-,41+,42-/m0/s1. The normalized spacial score (nSPS) is 27.8. The molecule has 4 N–H and O–H groups in total. The summed E-state index contributed by atoms with van der Waals surface area (Å²) in [7, 11) is 5.61. The summed E-state index contributed by atoms with van der Waals surface area (Å²) in [6.07, 6.45) is 0.451. The Bertz CT molecular complexity index is 1900. The minimum Gasteiger partial charge on any atom is -0.496 e. The molecule has 314 valence electrons. The first-order valence-corrected chi connectivity index (χ1v) is 21.0. The second-order valence-corrected chi connectivity index (χ2v) is 17.8. The summed E-state index contributed by atoms with van der Waals surface area (Å²) in [5.41, 5.74) is 5.07. The molecule has 2 saturated heterocycles. The maximum Gasteiger partial charge on any atom is 0.251 e. The van der Waals surface area contributed by atoms with E-state index in [1.54, 1.807) is 19.1 Å². The SMILES string of the molecule is COc1c(CN2O[C@@H](CO)[C@@H]([C@H](C)O)[C@H]2C(=O)N[C@H]2C[C@H]3C[C@@H]([C@@H]2C)C3(C)C)cccc1-c1cc(C(=O)NC(CN(C)C)c2ccccc2)cc(N2CCOCC2)c1. The van der Waals surface area contributed by atoms with Crippen LogP contribution in [0, 0.1) is 29.1 Å². The summed E-state index contributed by atoms with van der Waals surface area (Å²) < 4.78 is 11.8. The minimum absolute atomic E-state index is 0.0304. The Morgan fingerprint density at radius 1 is 1.03 bits per heavy atom. The number of methoxy groups -OCH3 is 1. The average Bonchev–Trinajstić information content (AvgIpc) is 3.60. The van der Waals surface area contributed by atoms with E-state index in [0.717, 1.165) is 34.4 Å². The highest BCUT2D eigenvalue weighted by molar-refractivity contribution is 5.97. The van der Waals surface area contributed by atoms with Crippen LogP contribution in [0.15, 0.2) is 66.7 Å². The molecule has 9 atom stereocenters. The zero-order chi connectivity index (χ0) is 41.3. The lowest BCUT2D eigenvalue weighted by Gasteiger charge is -2.62. The predicted molar refractivity (Wildman–Crippen MR) is 224 cm³/mol. The van der Waals surface area contributed by atoms with E-state index in [2.05, 4.69) is 47.3 Å². The van der Waals surface area contributed by atoms with Gasteiger partial charge in [0.2, 0.25) is 5.91 Å². The number of nitrogens with one attached hydrogen (secondary N) is 2. The van der Waals surface area contributed by atoms with E-state index in [1.807, 2.05) is 74.8 Å². The fourth-order valence-electron chi connectivity index (χ4n) is 10.3. The molecule has 3 aromatic carbocycles. The van der Waals surface area contributed by atoms with Gasteiger partial charge in [-0.25, -0.2) is 0 Å². The third-order valence-electron chi connectivity index (χ3n) is 13.6.